The summed E-state index contributed by atoms with van der Waals surface area (Å²) in [7, 11) is 0. The smallest absolute Gasteiger partial charge is 0.156 e. The van der Waals surface area contributed by atoms with Crippen LogP contribution in [0.4, 0.5) is 5.69 Å². The van der Waals surface area contributed by atoms with Crippen LogP contribution in [0.25, 0.3) is 0 Å². The molecule has 15 heavy (non-hydrogen) atoms. The average Bonchev–Trinajstić information content (AvgIpc) is 2.08. The van der Waals surface area contributed by atoms with E-state index in [0.29, 0.717) is 24.5 Å². The summed E-state index contributed by atoms with van der Waals surface area (Å²) in [5.41, 5.74) is 5.64. The molecule has 84 valence electrons. The molecule has 0 heterocycles. The lowest BCUT2D eigenvalue weighted by atomic mass is 10.1. The molecule has 1 rings (SSSR count). The first-order chi connectivity index (χ1) is 6.90. The zero-order chi connectivity index (χ0) is 11.5. The minimum absolute atomic E-state index is 0.441. The Balaban J connectivity index is 2.58. The van der Waals surface area contributed by atoms with E-state index >= 15 is 0 Å². The second-order valence-corrected chi connectivity index (χ2v) is 4.92. The van der Waals surface area contributed by atoms with Gasteiger partial charge in [-0.1, -0.05) is 6.07 Å². The molecular formula is C11H16BrNO2. The molecule has 3 nitrogen and oxygen atoms in total. The average molecular weight is 274 g/mol. The molecule has 0 saturated carbocycles. The van der Waals surface area contributed by atoms with E-state index in [2.05, 4.69) is 15.9 Å². The Morgan fingerprint density at radius 1 is 1.47 bits per heavy atom. The number of rotatable bonds is 4. The molecule has 0 saturated heterocycles. The number of anilines is 1. The highest BCUT2D eigenvalue weighted by molar-refractivity contribution is 9.10. The van der Waals surface area contributed by atoms with Gasteiger partial charge in [0.2, 0.25) is 0 Å². The maximum Gasteiger partial charge on any atom is 0.156 e. The molecular weight excluding hydrogens is 258 g/mol. The SMILES string of the molecule is CC(C)(O)CCOc1c(N)cccc1Br. The van der Waals surface area contributed by atoms with Gasteiger partial charge in [0, 0.05) is 6.42 Å². The Labute approximate surface area is 98.4 Å². The van der Waals surface area contributed by atoms with E-state index in [1.165, 1.54) is 0 Å². The van der Waals surface area contributed by atoms with E-state index in [4.69, 9.17) is 10.5 Å². The van der Waals surface area contributed by atoms with Crippen LogP contribution in [0.3, 0.4) is 0 Å². The summed E-state index contributed by atoms with van der Waals surface area (Å²) in [5.74, 6) is 0.641. The summed E-state index contributed by atoms with van der Waals surface area (Å²) in [6.07, 6.45) is 0.563. The van der Waals surface area contributed by atoms with Crippen LogP contribution in [0.15, 0.2) is 22.7 Å². The quantitative estimate of drug-likeness (QED) is 0.830. The predicted molar refractivity (Wildman–Crippen MR) is 65.0 cm³/mol. The van der Waals surface area contributed by atoms with E-state index in [1.807, 2.05) is 12.1 Å². The van der Waals surface area contributed by atoms with Crippen LogP contribution in [-0.4, -0.2) is 17.3 Å². The van der Waals surface area contributed by atoms with Gasteiger partial charge in [0.05, 0.1) is 22.4 Å². The van der Waals surface area contributed by atoms with Gasteiger partial charge >= 0.3 is 0 Å². The number of benzene rings is 1. The molecule has 0 radical (unpaired) electrons. The van der Waals surface area contributed by atoms with Crippen molar-refractivity contribution in [2.45, 2.75) is 25.9 Å². The lowest BCUT2D eigenvalue weighted by molar-refractivity contribution is 0.0553. The largest absolute Gasteiger partial charge is 0.490 e. The summed E-state index contributed by atoms with van der Waals surface area (Å²) < 4.78 is 6.34. The van der Waals surface area contributed by atoms with Crippen molar-refractivity contribution in [3.05, 3.63) is 22.7 Å². The van der Waals surface area contributed by atoms with Crippen molar-refractivity contribution in [3.8, 4) is 5.75 Å². The van der Waals surface area contributed by atoms with E-state index in [-0.39, 0.29) is 0 Å². The normalized spacial score (nSPS) is 11.5. The molecule has 1 aromatic carbocycles. The molecule has 0 bridgehead atoms. The lowest BCUT2D eigenvalue weighted by Crippen LogP contribution is -2.22. The second-order valence-electron chi connectivity index (χ2n) is 4.07. The highest BCUT2D eigenvalue weighted by atomic mass is 79.9. The standard InChI is InChI=1S/C11H16BrNO2/c1-11(2,14)6-7-15-10-8(12)4-3-5-9(10)13/h3-5,14H,6-7,13H2,1-2H3. The maximum absolute atomic E-state index is 9.51. The number of ether oxygens (including phenoxy) is 1. The summed E-state index contributed by atoms with van der Waals surface area (Å²) in [4.78, 5) is 0. The van der Waals surface area contributed by atoms with Gasteiger partial charge in [0.25, 0.3) is 0 Å². The molecule has 0 aliphatic rings. The first kappa shape index (κ1) is 12.3. The minimum Gasteiger partial charge on any atom is -0.490 e. The van der Waals surface area contributed by atoms with Gasteiger partial charge in [-0.2, -0.15) is 0 Å². The van der Waals surface area contributed by atoms with Crippen LogP contribution in [0.2, 0.25) is 0 Å². The van der Waals surface area contributed by atoms with Crippen LogP contribution in [0, 0.1) is 0 Å². The summed E-state index contributed by atoms with van der Waals surface area (Å²) >= 11 is 3.36. The van der Waals surface area contributed by atoms with Gasteiger partial charge in [-0.3, -0.25) is 0 Å². The van der Waals surface area contributed by atoms with Crippen LogP contribution in [0.1, 0.15) is 20.3 Å². The molecule has 4 heteroatoms. The van der Waals surface area contributed by atoms with E-state index in [0.717, 1.165) is 4.47 Å². The van der Waals surface area contributed by atoms with Crippen molar-refractivity contribution in [3.63, 3.8) is 0 Å². The Hall–Kier alpha value is -0.740. The molecule has 1 aromatic rings. The number of para-hydroxylation sites is 1. The molecule has 0 fully saturated rings. The van der Waals surface area contributed by atoms with E-state index in [1.54, 1.807) is 19.9 Å². The van der Waals surface area contributed by atoms with Gasteiger partial charge in [0.15, 0.2) is 5.75 Å². The zero-order valence-corrected chi connectivity index (χ0v) is 10.5. The van der Waals surface area contributed by atoms with Crippen LogP contribution in [0.5, 0.6) is 5.75 Å². The van der Waals surface area contributed by atoms with Crippen molar-refractivity contribution >= 4 is 21.6 Å². The molecule has 0 spiro atoms. The second kappa shape index (κ2) is 4.86. The zero-order valence-electron chi connectivity index (χ0n) is 8.96. The fourth-order valence-corrected chi connectivity index (χ4v) is 1.58. The Bertz CT molecular complexity index is 314. The third-order valence-corrected chi connectivity index (χ3v) is 2.58. The molecule has 0 atom stereocenters. The van der Waals surface area contributed by atoms with E-state index in [9.17, 15) is 5.11 Å². The van der Waals surface area contributed by atoms with Crippen molar-refractivity contribution in [2.75, 3.05) is 12.3 Å². The topological polar surface area (TPSA) is 55.5 Å². The molecule has 0 unspecified atom stereocenters. The minimum atomic E-state index is -0.712. The summed E-state index contributed by atoms with van der Waals surface area (Å²) in [6, 6.07) is 5.50. The highest BCUT2D eigenvalue weighted by Gasteiger charge is 2.13. The van der Waals surface area contributed by atoms with Crippen LogP contribution < -0.4 is 10.5 Å². The third-order valence-electron chi connectivity index (χ3n) is 1.96. The molecule has 0 aliphatic carbocycles. The lowest BCUT2D eigenvalue weighted by Gasteiger charge is -2.18. The number of hydrogen-bond donors (Lipinski definition) is 2. The highest BCUT2D eigenvalue weighted by Crippen LogP contribution is 2.31. The summed E-state index contributed by atoms with van der Waals surface area (Å²) in [6.45, 7) is 3.94. The number of aliphatic hydroxyl groups is 1. The van der Waals surface area contributed by atoms with Crippen molar-refractivity contribution in [2.24, 2.45) is 0 Å². The summed E-state index contributed by atoms with van der Waals surface area (Å²) in [5, 5.41) is 9.51. The number of nitrogens with two attached hydrogens (primary N) is 1. The van der Waals surface area contributed by atoms with Gasteiger partial charge in [-0.25, -0.2) is 0 Å². The van der Waals surface area contributed by atoms with Crippen molar-refractivity contribution in [1.82, 2.24) is 0 Å². The van der Waals surface area contributed by atoms with E-state index < -0.39 is 5.60 Å². The van der Waals surface area contributed by atoms with Crippen LogP contribution >= 0.6 is 15.9 Å². The first-order valence-electron chi connectivity index (χ1n) is 4.79. The Kier molecular flexibility index (Phi) is 3.99. The van der Waals surface area contributed by atoms with Crippen molar-refractivity contribution < 1.29 is 9.84 Å². The van der Waals surface area contributed by atoms with Gasteiger partial charge in [0.1, 0.15) is 0 Å². The number of hydrogen-bond acceptors (Lipinski definition) is 3. The fraction of sp³-hybridized carbons (Fsp3) is 0.455. The van der Waals surface area contributed by atoms with Crippen molar-refractivity contribution in [1.29, 1.82) is 0 Å². The molecule has 0 amide bonds. The van der Waals surface area contributed by atoms with Gasteiger partial charge < -0.3 is 15.6 Å². The molecule has 0 aromatic heterocycles. The maximum atomic E-state index is 9.51. The monoisotopic (exact) mass is 273 g/mol. The number of halogens is 1. The number of nitrogen functional groups attached to an aromatic ring is 1. The Morgan fingerprint density at radius 2 is 2.13 bits per heavy atom. The third kappa shape index (κ3) is 4.10. The first-order valence-corrected chi connectivity index (χ1v) is 5.58. The Morgan fingerprint density at radius 3 is 2.67 bits per heavy atom. The fourth-order valence-electron chi connectivity index (χ4n) is 1.08. The van der Waals surface area contributed by atoms with Gasteiger partial charge in [-0.15, -0.1) is 0 Å². The molecule has 0 aliphatic heterocycles. The van der Waals surface area contributed by atoms with Crippen LogP contribution in [-0.2, 0) is 0 Å². The van der Waals surface area contributed by atoms with Gasteiger partial charge in [-0.05, 0) is 41.9 Å². The predicted octanol–water partition coefficient (Wildman–Crippen LogP) is 2.57. The molecule has 3 N–H and O–H groups in total.